The van der Waals surface area contributed by atoms with E-state index in [0.29, 0.717) is 6.54 Å². The van der Waals surface area contributed by atoms with E-state index in [1.54, 1.807) is 10.4 Å². The lowest BCUT2D eigenvalue weighted by molar-refractivity contribution is 0.268. The first-order valence-corrected chi connectivity index (χ1v) is 6.95. The Morgan fingerprint density at radius 3 is 2.43 bits per heavy atom. The molecule has 2 rings (SSSR count). The molecule has 14 heavy (non-hydrogen) atoms. The molecule has 1 heterocycles. The minimum Gasteiger partial charge on any atom is -0.212 e. The van der Waals surface area contributed by atoms with Gasteiger partial charge >= 0.3 is 0 Å². The fourth-order valence-corrected chi connectivity index (χ4v) is 3.87. The van der Waals surface area contributed by atoms with Gasteiger partial charge < -0.3 is 0 Å². The summed E-state index contributed by atoms with van der Waals surface area (Å²) >= 11 is 0. The lowest BCUT2D eigenvalue weighted by atomic mass is 9.95. The van der Waals surface area contributed by atoms with Crippen LogP contribution in [0, 0.1) is 0 Å². The third kappa shape index (κ3) is 2.01. The highest BCUT2D eigenvalue weighted by molar-refractivity contribution is 7.89. The summed E-state index contributed by atoms with van der Waals surface area (Å²) in [5.41, 5.74) is 0. The molecule has 0 radical (unpaired) electrons. The monoisotopic (exact) mass is 215 g/mol. The average molecular weight is 215 g/mol. The second-order valence-electron chi connectivity index (χ2n) is 4.11. The lowest BCUT2D eigenvalue weighted by Crippen LogP contribution is -2.44. The van der Waals surface area contributed by atoms with Crippen LogP contribution in [0.3, 0.4) is 0 Å². The highest BCUT2D eigenvalue weighted by Gasteiger charge is 2.30. The first-order chi connectivity index (χ1) is 6.70. The molecule has 1 aliphatic heterocycles. The van der Waals surface area contributed by atoms with Gasteiger partial charge in [0.15, 0.2) is 0 Å². The summed E-state index contributed by atoms with van der Waals surface area (Å²) in [7, 11) is -2.98. The second-order valence-corrected chi connectivity index (χ2v) is 6.08. The van der Waals surface area contributed by atoms with Crippen LogP contribution in [0.4, 0.5) is 0 Å². The maximum Gasteiger partial charge on any atom is 0.218 e. The standard InChI is InChI=1S/C10H17NO2S/c12-14(13)9-5-4-8-11(14)10-6-2-1-3-7-10/h4-5,10H,1-3,6-9H2. The van der Waals surface area contributed by atoms with Crippen molar-refractivity contribution in [2.24, 2.45) is 0 Å². The molecule has 2 aliphatic rings. The van der Waals surface area contributed by atoms with E-state index >= 15 is 0 Å². The van der Waals surface area contributed by atoms with E-state index in [9.17, 15) is 8.42 Å². The van der Waals surface area contributed by atoms with E-state index in [0.717, 1.165) is 12.8 Å². The van der Waals surface area contributed by atoms with E-state index < -0.39 is 10.0 Å². The average Bonchev–Trinajstić information content (AvgIpc) is 2.18. The summed E-state index contributed by atoms with van der Waals surface area (Å²) < 4.78 is 25.2. The zero-order valence-corrected chi connectivity index (χ0v) is 9.17. The van der Waals surface area contributed by atoms with Crippen LogP contribution in [0.15, 0.2) is 12.2 Å². The Morgan fingerprint density at radius 2 is 1.79 bits per heavy atom. The quantitative estimate of drug-likeness (QED) is 0.622. The van der Waals surface area contributed by atoms with Crippen LogP contribution in [0.2, 0.25) is 0 Å². The second kappa shape index (κ2) is 4.03. The van der Waals surface area contributed by atoms with Gasteiger partial charge in [0.25, 0.3) is 0 Å². The van der Waals surface area contributed by atoms with Crippen molar-refractivity contribution in [2.45, 2.75) is 38.1 Å². The fourth-order valence-electron chi connectivity index (χ4n) is 2.32. The van der Waals surface area contributed by atoms with Crippen molar-refractivity contribution in [2.75, 3.05) is 12.3 Å². The first kappa shape index (κ1) is 10.2. The molecule has 0 N–H and O–H groups in total. The van der Waals surface area contributed by atoms with Gasteiger partial charge in [0.05, 0.1) is 5.75 Å². The maximum absolute atomic E-state index is 11.8. The van der Waals surface area contributed by atoms with E-state index in [1.165, 1.54) is 19.3 Å². The molecule has 0 bridgehead atoms. The fraction of sp³-hybridized carbons (Fsp3) is 0.800. The molecule has 0 saturated heterocycles. The Morgan fingerprint density at radius 1 is 1.07 bits per heavy atom. The highest BCUT2D eigenvalue weighted by Crippen LogP contribution is 2.25. The third-order valence-electron chi connectivity index (χ3n) is 3.10. The molecule has 1 aliphatic carbocycles. The van der Waals surface area contributed by atoms with Crippen LogP contribution in [0.5, 0.6) is 0 Å². The van der Waals surface area contributed by atoms with Crippen molar-refractivity contribution >= 4 is 10.0 Å². The number of rotatable bonds is 1. The predicted octanol–water partition coefficient (Wildman–Crippen LogP) is 1.52. The van der Waals surface area contributed by atoms with Crippen LogP contribution in [0.25, 0.3) is 0 Å². The Hall–Kier alpha value is -0.350. The molecule has 1 fully saturated rings. The molecular weight excluding hydrogens is 198 g/mol. The van der Waals surface area contributed by atoms with Crippen molar-refractivity contribution in [3.63, 3.8) is 0 Å². The molecule has 0 unspecified atom stereocenters. The number of hydrogen-bond acceptors (Lipinski definition) is 2. The Kier molecular flexibility index (Phi) is 2.93. The zero-order valence-electron chi connectivity index (χ0n) is 8.35. The normalized spacial score (nSPS) is 29.1. The molecule has 3 nitrogen and oxygen atoms in total. The van der Waals surface area contributed by atoms with E-state index in [2.05, 4.69) is 0 Å². The van der Waals surface area contributed by atoms with Gasteiger partial charge in [0.1, 0.15) is 0 Å². The van der Waals surface area contributed by atoms with Crippen molar-refractivity contribution in [3.8, 4) is 0 Å². The van der Waals surface area contributed by atoms with Gasteiger partial charge in [-0.15, -0.1) is 0 Å². The lowest BCUT2D eigenvalue weighted by Gasteiger charge is -2.33. The summed E-state index contributed by atoms with van der Waals surface area (Å²) in [6.45, 7) is 0.590. The Balaban J connectivity index is 2.12. The van der Waals surface area contributed by atoms with Crippen molar-refractivity contribution in [3.05, 3.63) is 12.2 Å². The van der Waals surface area contributed by atoms with Gasteiger partial charge in [0.2, 0.25) is 10.0 Å². The van der Waals surface area contributed by atoms with Crippen LogP contribution in [-0.4, -0.2) is 31.1 Å². The highest BCUT2D eigenvalue weighted by atomic mass is 32.2. The van der Waals surface area contributed by atoms with Gasteiger partial charge in [-0.05, 0) is 12.8 Å². The van der Waals surface area contributed by atoms with Gasteiger partial charge in [-0.2, -0.15) is 4.31 Å². The topological polar surface area (TPSA) is 37.4 Å². The minimum absolute atomic E-state index is 0.198. The van der Waals surface area contributed by atoms with Crippen LogP contribution < -0.4 is 0 Å². The van der Waals surface area contributed by atoms with Crippen molar-refractivity contribution in [1.29, 1.82) is 0 Å². The van der Waals surface area contributed by atoms with Gasteiger partial charge in [-0.25, -0.2) is 8.42 Å². The largest absolute Gasteiger partial charge is 0.218 e. The van der Waals surface area contributed by atoms with Crippen LogP contribution in [0.1, 0.15) is 32.1 Å². The molecule has 0 aromatic rings. The summed E-state index contributed by atoms with van der Waals surface area (Å²) in [6, 6.07) is 0.277. The Bertz CT molecular complexity index is 315. The van der Waals surface area contributed by atoms with Gasteiger partial charge in [-0.1, -0.05) is 31.4 Å². The predicted molar refractivity (Wildman–Crippen MR) is 56.5 cm³/mol. The summed E-state index contributed by atoms with van der Waals surface area (Å²) in [6.07, 6.45) is 9.45. The molecular formula is C10H17NO2S. The number of nitrogens with zero attached hydrogens (tertiary/aromatic N) is 1. The summed E-state index contributed by atoms with van der Waals surface area (Å²) in [5.74, 6) is 0.198. The Labute approximate surface area is 85.8 Å². The first-order valence-electron chi connectivity index (χ1n) is 5.35. The zero-order chi connectivity index (χ0) is 10.0. The molecule has 0 amide bonds. The van der Waals surface area contributed by atoms with Gasteiger partial charge in [0, 0.05) is 12.6 Å². The number of hydrogen-bond donors (Lipinski definition) is 0. The summed E-state index contributed by atoms with van der Waals surface area (Å²) in [5, 5.41) is 0. The SMILES string of the molecule is O=S1(=O)CC=CCN1C1CCCCC1. The molecule has 0 spiro atoms. The van der Waals surface area contributed by atoms with Crippen LogP contribution in [-0.2, 0) is 10.0 Å². The maximum atomic E-state index is 11.8. The van der Waals surface area contributed by atoms with E-state index in [-0.39, 0.29) is 11.8 Å². The van der Waals surface area contributed by atoms with Crippen molar-refractivity contribution in [1.82, 2.24) is 4.31 Å². The van der Waals surface area contributed by atoms with E-state index in [4.69, 9.17) is 0 Å². The molecule has 4 heteroatoms. The molecule has 1 saturated carbocycles. The molecule has 0 aromatic heterocycles. The minimum atomic E-state index is -2.98. The van der Waals surface area contributed by atoms with Crippen molar-refractivity contribution < 1.29 is 8.42 Å². The molecule has 80 valence electrons. The molecule has 0 atom stereocenters. The van der Waals surface area contributed by atoms with Gasteiger partial charge in [-0.3, -0.25) is 0 Å². The third-order valence-corrected chi connectivity index (χ3v) is 4.87. The van der Waals surface area contributed by atoms with Crippen LogP contribution >= 0.6 is 0 Å². The smallest absolute Gasteiger partial charge is 0.212 e. The molecule has 0 aromatic carbocycles. The van der Waals surface area contributed by atoms with E-state index in [1.807, 2.05) is 6.08 Å². The number of sulfonamides is 1. The summed E-state index contributed by atoms with van der Waals surface area (Å²) in [4.78, 5) is 0.